The minimum atomic E-state index is -0.529. The van der Waals surface area contributed by atoms with Gasteiger partial charge in [0.1, 0.15) is 0 Å². The van der Waals surface area contributed by atoms with Crippen LogP contribution in [0.4, 0.5) is 11.6 Å². The van der Waals surface area contributed by atoms with Gasteiger partial charge >= 0.3 is 5.97 Å². The van der Waals surface area contributed by atoms with Crippen molar-refractivity contribution in [3.63, 3.8) is 0 Å². The van der Waals surface area contributed by atoms with Gasteiger partial charge in [-0.3, -0.25) is 4.99 Å². The van der Waals surface area contributed by atoms with Gasteiger partial charge in [-0.25, -0.2) is 20.2 Å². The molecule has 0 bridgehead atoms. The van der Waals surface area contributed by atoms with Crippen molar-refractivity contribution in [3.05, 3.63) is 47.3 Å². The van der Waals surface area contributed by atoms with E-state index in [-0.39, 0.29) is 11.7 Å². The van der Waals surface area contributed by atoms with Gasteiger partial charge in [-0.05, 0) is 23.6 Å². The first-order chi connectivity index (χ1) is 12.2. The molecule has 1 aromatic rings. The number of fused-ring (bicyclic) bond motifs is 1. The molecule has 130 valence electrons. The molecule has 25 heavy (non-hydrogen) atoms. The van der Waals surface area contributed by atoms with E-state index in [9.17, 15) is 4.79 Å². The summed E-state index contributed by atoms with van der Waals surface area (Å²) in [6.45, 7) is 0.561. The Balaban J connectivity index is 1.74. The summed E-state index contributed by atoms with van der Waals surface area (Å²) in [6, 6.07) is 0.220. The number of anilines is 2. The van der Waals surface area contributed by atoms with Gasteiger partial charge in [-0.2, -0.15) is 0 Å². The molecule has 0 saturated carbocycles. The maximum absolute atomic E-state index is 11.7. The number of hydrazine groups is 1. The van der Waals surface area contributed by atoms with Crippen molar-refractivity contribution < 1.29 is 9.53 Å². The third-order valence-corrected chi connectivity index (χ3v) is 3.85. The Morgan fingerprint density at radius 2 is 2.28 bits per heavy atom. The lowest BCUT2D eigenvalue weighted by Gasteiger charge is -2.21. The van der Waals surface area contributed by atoms with Crippen molar-refractivity contribution >= 4 is 23.8 Å². The van der Waals surface area contributed by atoms with E-state index < -0.39 is 5.97 Å². The number of allylic oxidation sites excluding steroid dienone is 1. The lowest BCUT2D eigenvalue weighted by molar-refractivity contribution is 0.0593. The summed E-state index contributed by atoms with van der Waals surface area (Å²) in [7, 11) is 3.04. The normalized spacial score (nSPS) is 18.1. The van der Waals surface area contributed by atoms with E-state index in [0.717, 1.165) is 12.0 Å². The van der Waals surface area contributed by atoms with E-state index in [1.54, 1.807) is 7.05 Å². The minimum absolute atomic E-state index is 0.146. The third kappa shape index (κ3) is 3.92. The molecule has 0 aromatic carbocycles. The van der Waals surface area contributed by atoms with Gasteiger partial charge in [0.2, 0.25) is 0 Å². The maximum Gasteiger partial charge on any atom is 0.358 e. The Morgan fingerprint density at radius 1 is 1.40 bits per heavy atom. The molecule has 0 radical (unpaired) electrons. The predicted molar refractivity (Wildman–Crippen MR) is 96.7 cm³/mol. The molecular formula is C17H20N6O2. The predicted octanol–water partition coefficient (Wildman–Crippen LogP) is 1.49. The average molecular weight is 340 g/mol. The molecule has 0 fully saturated rings. The SMILES string of the molecule is CNNc1ncc(C(=O)OC)nc1NCC1=CCC2N=CC=CC2=C1. The number of carbonyl (C=O) groups is 1. The standard InChI is InChI=1S/C17H20N6O2/c1-18-23-16-15(22-14(10-21-16)17(24)25-2)20-9-11-5-6-13-12(8-11)4-3-7-19-13/h3-5,7-8,10,13,18H,6,9H2,1-2H3,(H,20,22)(H,21,23). The molecule has 3 rings (SSSR count). The van der Waals surface area contributed by atoms with Crippen LogP contribution in [-0.2, 0) is 4.74 Å². The Labute approximate surface area is 145 Å². The Hall–Kier alpha value is -3.00. The average Bonchev–Trinajstić information content (AvgIpc) is 2.66. The van der Waals surface area contributed by atoms with Gasteiger partial charge in [-0.15, -0.1) is 0 Å². The van der Waals surface area contributed by atoms with Crippen LogP contribution in [0, 0.1) is 0 Å². The smallest absolute Gasteiger partial charge is 0.358 e. The number of carbonyl (C=O) groups excluding carboxylic acids is 1. The molecule has 0 spiro atoms. The summed E-state index contributed by atoms with van der Waals surface area (Å²) in [6.07, 6.45) is 12.4. The van der Waals surface area contributed by atoms with Crippen LogP contribution >= 0.6 is 0 Å². The van der Waals surface area contributed by atoms with Gasteiger partial charge in [0.05, 0.1) is 19.3 Å². The fraction of sp³-hybridized carbons (Fsp3) is 0.294. The number of aromatic nitrogens is 2. The van der Waals surface area contributed by atoms with Crippen molar-refractivity contribution in [2.24, 2.45) is 4.99 Å². The molecular weight excluding hydrogens is 320 g/mol. The largest absolute Gasteiger partial charge is 0.464 e. The first kappa shape index (κ1) is 16.8. The molecule has 1 unspecified atom stereocenters. The molecule has 2 heterocycles. The lowest BCUT2D eigenvalue weighted by Crippen LogP contribution is -2.21. The fourth-order valence-electron chi connectivity index (χ4n) is 2.62. The highest BCUT2D eigenvalue weighted by molar-refractivity contribution is 5.87. The molecule has 3 N–H and O–H groups in total. The molecule has 2 aliphatic rings. The van der Waals surface area contributed by atoms with Crippen molar-refractivity contribution in [3.8, 4) is 0 Å². The number of methoxy groups -OCH3 is 1. The highest BCUT2D eigenvalue weighted by Crippen LogP contribution is 2.24. The number of ether oxygens (including phenoxy) is 1. The van der Waals surface area contributed by atoms with Gasteiger partial charge in [-0.1, -0.05) is 18.2 Å². The molecule has 1 aliphatic heterocycles. The van der Waals surface area contributed by atoms with Gasteiger partial charge in [0, 0.05) is 19.8 Å². The van der Waals surface area contributed by atoms with Gasteiger partial charge in [0.25, 0.3) is 0 Å². The number of aliphatic imine (C=N–C) groups is 1. The van der Waals surface area contributed by atoms with E-state index in [1.807, 2.05) is 12.3 Å². The summed E-state index contributed by atoms with van der Waals surface area (Å²) in [4.78, 5) is 24.6. The second kappa shape index (κ2) is 7.71. The van der Waals surface area contributed by atoms with Crippen LogP contribution < -0.4 is 16.2 Å². The zero-order valence-electron chi connectivity index (χ0n) is 14.1. The highest BCUT2D eigenvalue weighted by atomic mass is 16.5. The maximum atomic E-state index is 11.7. The second-order valence-electron chi connectivity index (χ2n) is 5.50. The van der Waals surface area contributed by atoms with Gasteiger partial charge in [0.15, 0.2) is 17.3 Å². The zero-order valence-corrected chi connectivity index (χ0v) is 14.1. The monoisotopic (exact) mass is 340 g/mol. The number of hydrogen-bond donors (Lipinski definition) is 3. The zero-order chi connectivity index (χ0) is 17.6. The number of nitrogens with one attached hydrogen (secondary N) is 3. The number of esters is 1. The van der Waals surface area contributed by atoms with Crippen LogP contribution in [0.2, 0.25) is 0 Å². The van der Waals surface area contributed by atoms with E-state index >= 15 is 0 Å². The summed E-state index contributed by atoms with van der Waals surface area (Å²) >= 11 is 0. The Kier molecular flexibility index (Phi) is 5.20. The minimum Gasteiger partial charge on any atom is -0.464 e. The third-order valence-electron chi connectivity index (χ3n) is 3.85. The van der Waals surface area contributed by atoms with Crippen molar-refractivity contribution in [2.75, 3.05) is 31.4 Å². The fourth-order valence-corrected chi connectivity index (χ4v) is 2.62. The van der Waals surface area contributed by atoms with Crippen molar-refractivity contribution in [2.45, 2.75) is 12.5 Å². The van der Waals surface area contributed by atoms with Crippen LogP contribution in [0.1, 0.15) is 16.9 Å². The van der Waals surface area contributed by atoms with E-state index in [4.69, 9.17) is 4.74 Å². The number of hydrogen-bond acceptors (Lipinski definition) is 8. The molecule has 8 heteroatoms. The van der Waals surface area contributed by atoms with Crippen molar-refractivity contribution in [1.82, 2.24) is 15.4 Å². The molecule has 1 aliphatic carbocycles. The van der Waals surface area contributed by atoms with Crippen LogP contribution in [0.3, 0.4) is 0 Å². The number of dihydropyridines is 1. The first-order valence-corrected chi connectivity index (χ1v) is 7.93. The van der Waals surface area contributed by atoms with E-state index in [2.05, 4.69) is 49.4 Å². The summed E-state index contributed by atoms with van der Waals surface area (Å²) in [5.41, 5.74) is 8.17. The first-order valence-electron chi connectivity index (χ1n) is 7.93. The van der Waals surface area contributed by atoms with Crippen LogP contribution in [0.5, 0.6) is 0 Å². The van der Waals surface area contributed by atoms with E-state index in [0.29, 0.717) is 18.2 Å². The Morgan fingerprint density at radius 3 is 3.08 bits per heavy atom. The molecule has 1 atom stereocenters. The quantitative estimate of drug-likeness (QED) is 0.533. The van der Waals surface area contributed by atoms with Crippen LogP contribution in [0.15, 0.2) is 46.6 Å². The van der Waals surface area contributed by atoms with Crippen molar-refractivity contribution in [1.29, 1.82) is 0 Å². The van der Waals surface area contributed by atoms with E-state index in [1.165, 1.54) is 18.9 Å². The number of rotatable bonds is 6. The van der Waals surface area contributed by atoms with Crippen LogP contribution in [-0.4, -0.2) is 48.9 Å². The lowest BCUT2D eigenvalue weighted by atomic mass is 9.93. The summed E-state index contributed by atoms with van der Waals surface area (Å²) in [5, 5.41) is 3.22. The van der Waals surface area contributed by atoms with Crippen LogP contribution in [0.25, 0.3) is 0 Å². The second-order valence-corrected chi connectivity index (χ2v) is 5.50. The highest BCUT2D eigenvalue weighted by Gasteiger charge is 2.17. The van der Waals surface area contributed by atoms with Gasteiger partial charge < -0.3 is 15.5 Å². The number of nitrogens with zero attached hydrogens (tertiary/aromatic N) is 3. The molecule has 8 nitrogen and oxygen atoms in total. The molecule has 0 saturated heterocycles. The molecule has 0 amide bonds. The summed E-state index contributed by atoms with van der Waals surface area (Å²) in [5.74, 6) is 0.439. The summed E-state index contributed by atoms with van der Waals surface area (Å²) < 4.78 is 4.70. The Bertz CT molecular complexity index is 781. The molecule has 1 aromatic heterocycles. The topological polar surface area (TPSA) is 101 Å².